The number of aliphatic hydroxyl groups excluding tert-OH is 4. The third kappa shape index (κ3) is 2.45. The van der Waals surface area contributed by atoms with Crippen molar-refractivity contribution in [1.82, 2.24) is 0 Å². The molecule has 1 aliphatic rings. The van der Waals surface area contributed by atoms with E-state index >= 15 is 0 Å². The molecule has 0 spiro atoms. The van der Waals surface area contributed by atoms with E-state index in [4.69, 9.17) is 20.3 Å². The Balaban J connectivity index is 2.74. The quantitative estimate of drug-likeness (QED) is 0.340. The van der Waals surface area contributed by atoms with Gasteiger partial charge in [0.05, 0.1) is 12.6 Å². The van der Waals surface area contributed by atoms with E-state index in [-0.39, 0.29) is 0 Å². The Morgan fingerprint density at radius 1 is 1.40 bits per heavy atom. The van der Waals surface area contributed by atoms with Crippen LogP contribution in [0.4, 0.5) is 0 Å². The molecule has 1 heterocycles. The Morgan fingerprint density at radius 3 is 2.47 bits per heavy atom. The zero-order chi connectivity index (χ0) is 11.6. The van der Waals surface area contributed by atoms with Crippen LogP contribution in [0.3, 0.4) is 0 Å². The predicted octanol–water partition coefficient (Wildman–Crippen LogP) is -3.24. The van der Waals surface area contributed by atoms with Crippen molar-refractivity contribution in [3.05, 3.63) is 0 Å². The minimum Gasteiger partial charge on any atom is -0.394 e. The van der Waals surface area contributed by atoms with Crippen molar-refractivity contribution in [2.24, 2.45) is 5.73 Å². The lowest BCUT2D eigenvalue weighted by molar-refractivity contribution is -0.280. The lowest BCUT2D eigenvalue weighted by Crippen LogP contribution is -2.64. The summed E-state index contributed by atoms with van der Waals surface area (Å²) >= 11 is 0. The highest BCUT2D eigenvalue weighted by Gasteiger charge is 2.45. The highest BCUT2D eigenvalue weighted by atomic mass is 16.7. The second-order valence-corrected chi connectivity index (χ2v) is 3.51. The minimum atomic E-state index is -1.27. The van der Waals surface area contributed by atoms with Gasteiger partial charge in [-0.05, 0) is 0 Å². The van der Waals surface area contributed by atoms with E-state index in [1.165, 1.54) is 7.11 Å². The van der Waals surface area contributed by atoms with Crippen molar-refractivity contribution in [3.8, 4) is 0 Å². The zero-order valence-electron chi connectivity index (χ0n) is 8.35. The monoisotopic (exact) mass is 223 g/mol. The molecule has 6 atom stereocenters. The first-order valence-electron chi connectivity index (χ1n) is 4.61. The summed E-state index contributed by atoms with van der Waals surface area (Å²) in [6.07, 6.45) is -5.79. The maximum atomic E-state index is 9.59. The molecule has 0 unspecified atom stereocenters. The fourth-order valence-corrected chi connectivity index (χ4v) is 1.54. The van der Waals surface area contributed by atoms with Gasteiger partial charge in [-0.3, -0.25) is 0 Å². The van der Waals surface area contributed by atoms with Crippen LogP contribution in [-0.4, -0.2) is 70.9 Å². The summed E-state index contributed by atoms with van der Waals surface area (Å²) in [5, 5.41) is 37.2. The molecule has 7 heteroatoms. The molecule has 1 saturated heterocycles. The Morgan fingerprint density at radius 2 is 2.00 bits per heavy atom. The van der Waals surface area contributed by atoms with Gasteiger partial charge in [0.25, 0.3) is 0 Å². The molecule has 0 aromatic heterocycles. The summed E-state index contributed by atoms with van der Waals surface area (Å²) in [6, 6.07) is -0.991. The summed E-state index contributed by atoms with van der Waals surface area (Å²) in [5.41, 5.74) is 5.52. The predicted molar refractivity (Wildman–Crippen MR) is 48.8 cm³/mol. The molecule has 0 aromatic carbocycles. The summed E-state index contributed by atoms with van der Waals surface area (Å²) in [6.45, 7) is -0.568. The van der Waals surface area contributed by atoms with Crippen LogP contribution in [0.15, 0.2) is 0 Å². The van der Waals surface area contributed by atoms with Crippen LogP contribution in [0.2, 0.25) is 0 Å². The van der Waals surface area contributed by atoms with Crippen molar-refractivity contribution in [2.45, 2.75) is 36.7 Å². The van der Waals surface area contributed by atoms with Crippen molar-refractivity contribution < 1.29 is 29.9 Å². The molecule has 1 rings (SSSR count). The average Bonchev–Trinajstić information content (AvgIpc) is 2.25. The number of nitrogens with two attached hydrogens (primary N) is 1. The van der Waals surface area contributed by atoms with Crippen molar-refractivity contribution in [1.29, 1.82) is 0 Å². The zero-order valence-corrected chi connectivity index (χ0v) is 8.35. The van der Waals surface area contributed by atoms with Crippen LogP contribution >= 0.6 is 0 Å². The largest absolute Gasteiger partial charge is 0.394 e. The molecule has 1 fully saturated rings. The van der Waals surface area contributed by atoms with Crippen molar-refractivity contribution >= 4 is 0 Å². The van der Waals surface area contributed by atoms with Gasteiger partial charge in [-0.15, -0.1) is 0 Å². The number of rotatable bonds is 3. The first kappa shape index (κ1) is 12.8. The van der Waals surface area contributed by atoms with E-state index < -0.39 is 43.4 Å². The normalized spacial score (nSPS) is 44.0. The van der Waals surface area contributed by atoms with Crippen LogP contribution in [-0.2, 0) is 9.47 Å². The molecule has 15 heavy (non-hydrogen) atoms. The van der Waals surface area contributed by atoms with Gasteiger partial charge in [0.1, 0.15) is 24.4 Å². The second-order valence-electron chi connectivity index (χ2n) is 3.51. The van der Waals surface area contributed by atoms with Gasteiger partial charge >= 0.3 is 0 Å². The van der Waals surface area contributed by atoms with E-state index in [0.29, 0.717) is 0 Å². The maximum Gasteiger partial charge on any atom is 0.185 e. The number of methoxy groups -OCH3 is 1. The molecular formula is C8H17NO6. The third-order valence-corrected chi connectivity index (χ3v) is 2.49. The van der Waals surface area contributed by atoms with Crippen LogP contribution < -0.4 is 5.73 Å². The van der Waals surface area contributed by atoms with Gasteiger partial charge < -0.3 is 35.6 Å². The average molecular weight is 223 g/mol. The van der Waals surface area contributed by atoms with Gasteiger partial charge in [0.2, 0.25) is 0 Å². The van der Waals surface area contributed by atoms with Gasteiger partial charge in [0.15, 0.2) is 6.29 Å². The van der Waals surface area contributed by atoms with E-state index in [2.05, 4.69) is 0 Å². The molecule has 0 aromatic rings. The van der Waals surface area contributed by atoms with Crippen LogP contribution in [0.5, 0.6) is 0 Å². The molecule has 7 nitrogen and oxygen atoms in total. The number of hydrogen-bond acceptors (Lipinski definition) is 7. The molecule has 0 amide bonds. The van der Waals surface area contributed by atoms with Gasteiger partial charge in [-0.2, -0.15) is 0 Å². The topological polar surface area (TPSA) is 125 Å². The summed E-state index contributed by atoms with van der Waals surface area (Å²) in [5.74, 6) is 0. The molecule has 1 aliphatic heterocycles. The number of aliphatic hydroxyl groups is 4. The van der Waals surface area contributed by atoms with Crippen LogP contribution in [0.1, 0.15) is 0 Å². The van der Waals surface area contributed by atoms with Crippen molar-refractivity contribution in [3.63, 3.8) is 0 Å². The number of ether oxygens (including phenoxy) is 2. The first-order valence-corrected chi connectivity index (χ1v) is 4.61. The molecular weight excluding hydrogens is 206 g/mol. The summed E-state index contributed by atoms with van der Waals surface area (Å²) in [4.78, 5) is 0. The summed E-state index contributed by atoms with van der Waals surface area (Å²) in [7, 11) is 1.31. The highest BCUT2D eigenvalue weighted by molar-refractivity contribution is 4.94. The van der Waals surface area contributed by atoms with E-state index in [1.54, 1.807) is 0 Å². The molecule has 0 saturated carbocycles. The van der Waals surface area contributed by atoms with E-state index in [1.807, 2.05) is 0 Å². The molecule has 0 bridgehead atoms. The molecule has 0 radical (unpaired) electrons. The van der Waals surface area contributed by atoms with Crippen molar-refractivity contribution in [2.75, 3.05) is 13.7 Å². The Kier molecular flexibility index (Phi) is 4.41. The minimum absolute atomic E-state index is 0.568. The Bertz CT molecular complexity index is 202. The van der Waals surface area contributed by atoms with Crippen LogP contribution in [0, 0.1) is 0 Å². The van der Waals surface area contributed by atoms with Gasteiger partial charge in [-0.1, -0.05) is 0 Å². The SMILES string of the molecule is CO[C@@H]1O[C@H]([C@H](O)CO)[C@H](O)[C@H](N)[C@H]1O. The molecule has 90 valence electrons. The van der Waals surface area contributed by atoms with E-state index in [0.717, 1.165) is 0 Å². The van der Waals surface area contributed by atoms with Crippen LogP contribution in [0.25, 0.3) is 0 Å². The Labute approximate surface area is 87.0 Å². The fourth-order valence-electron chi connectivity index (χ4n) is 1.54. The smallest absolute Gasteiger partial charge is 0.185 e. The third-order valence-electron chi connectivity index (χ3n) is 2.49. The van der Waals surface area contributed by atoms with E-state index in [9.17, 15) is 15.3 Å². The standard InChI is InChI=1S/C8H17NO6/c1-14-8-6(13)4(9)5(12)7(15-8)3(11)2-10/h3-8,10-13H,2,9H2,1H3/t3-,4+,5-,6-,7-,8-/m1/s1. The first-order chi connectivity index (χ1) is 7.02. The van der Waals surface area contributed by atoms with Gasteiger partial charge in [0, 0.05) is 7.11 Å². The lowest BCUT2D eigenvalue weighted by atomic mass is 9.94. The fraction of sp³-hybridized carbons (Fsp3) is 1.00. The lowest BCUT2D eigenvalue weighted by Gasteiger charge is -2.41. The maximum absolute atomic E-state index is 9.59. The molecule has 6 N–H and O–H groups in total. The number of hydrogen-bond donors (Lipinski definition) is 5. The second kappa shape index (κ2) is 5.17. The van der Waals surface area contributed by atoms with Gasteiger partial charge in [-0.25, -0.2) is 0 Å². The highest BCUT2D eigenvalue weighted by Crippen LogP contribution is 2.22. The Hall–Kier alpha value is -0.280. The molecule has 0 aliphatic carbocycles. The summed E-state index contributed by atoms with van der Waals surface area (Å²) < 4.78 is 9.86.